The van der Waals surface area contributed by atoms with E-state index < -0.39 is 0 Å². The summed E-state index contributed by atoms with van der Waals surface area (Å²) in [7, 11) is 0. The Morgan fingerprint density at radius 2 is 1.64 bits per heavy atom. The van der Waals surface area contributed by atoms with Gasteiger partial charge in [0.2, 0.25) is 12.7 Å². The number of nitrogens with zero attached hydrogens (tertiary/aromatic N) is 2. The maximum absolute atomic E-state index is 6.01. The third-order valence-corrected chi connectivity index (χ3v) is 3.86. The molecule has 0 saturated carbocycles. The zero-order chi connectivity index (χ0) is 17.2. The number of benzene rings is 2. The van der Waals surface area contributed by atoms with Crippen LogP contribution in [0.3, 0.4) is 0 Å². The van der Waals surface area contributed by atoms with E-state index in [0.717, 1.165) is 17.1 Å². The molecule has 0 radical (unpaired) electrons. The Labute approximate surface area is 153 Å². The largest absolute Gasteiger partial charge is 0.454 e. The molecular formula is C17H12Cl2N4O2. The summed E-state index contributed by atoms with van der Waals surface area (Å²) in [6.45, 7) is 0.233. The number of hydrogen-bond acceptors (Lipinski definition) is 6. The Hall–Kier alpha value is -2.70. The Morgan fingerprint density at radius 3 is 2.48 bits per heavy atom. The lowest BCUT2D eigenvalue weighted by Gasteiger charge is -2.09. The zero-order valence-electron chi connectivity index (χ0n) is 12.8. The lowest BCUT2D eigenvalue weighted by atomic mass is 10.3. The van der Waals surface area contributed by atoms with Crippen molar-refractivity contribution in [2.75, 3.05) is 17.4 Å². The van der Waals surface area contributed by atoms with Crippen molar-refractivity contribution in [3.8, 4) is 11.5 Å². The van der Waals surface area contributed by atoms with Crippen LogP contribution in [0.25, 0.3) is 0 Å². The number of anilines is 4. The van der Waals surface area contributed by atoms with Gasteiger partial charge in [0.15, 0.2) is 11.5 Å². The molecule has 1 aromatic heterocycles. The van der Waals surface area contributed by atoms with Crippen LogP contribution >= 0.6 is 23.2 Å². The van der Waals surface area contributed by atoms with Crippen LogP contribution < -0.4 is 20.1 Å². The second-order valence-electron chi connectivity index (χ2n) is 5.24. The van der Waals surface area contributed by atoms with Crippen molar-refractivity contribution in [2.24, 2.45) is 0 Å². The molecule has 2 heterocycles. The minimum atomic E-state index is 0.233. The van der Waals surface area contributed by atoms with Crippen LogP contribution in [0.4, 0.5) is 23.1 Å². The van der Waals surface area contributed by atoms with E-state index in [2.05, 4.69) is 20.6 Å². The molecule has 0 unspecified atom stereocenters. The standard InChI is InChI=1S/C17H12Cl2N4O2/c18-10-5-11(19)7-13(6-10)21-16-3-4-20-17(23-16)22-12-1-2-14-15(8-12)25-9-24-14/h1-8H,9H2,(H2,20,21,22,23). The van der Waals surface area contributed by atoms with Gasteiger partial charge >= 0.3 is 0 Å². The maximum atomic E-state index is 6.01. The van der Waals surface area contributed by atoms with Gasteiger partial charge in [-0.2, -0.15) is 4.98 Å². The topological polar surface area (TPSA) is 68.3 Å². The van der Waals surface area contributed by atoms with E-state index in [1.165, 1.54) is 0 Å². The molecule has 1 aliphatic rings. The summed E-state index contributed by atoms with van der Waals surface area (Å²) < 4.78 is 10.7. The molecule has 3 aromatic rings. The smallest absolute Gasteiger partial charge is 0.231 e. The van der Waals surface area contributed by atoms with Gasteiger partial charge in [0, 0.05) is 33.7 Å². The molecule has 0 spiro atoms. The van der Waals surface area contributed by atoms with Crippen LogP contribution in [0.2, 0.25) is 10.0 Å². The molecule has 0 bridgehead atoms. The summed E-state index contributed by atoms with van der Waals surface area (Å²) in [6.07, 6.45) is 1.65. The molecule has 126 valence electrons. The van der Waals surface area contributed by atoms with Crippen molar-refractivity contribution in [2.45, 2.75) is 0 Å². The van der Waals surface area contributed by atoms with E-state index >= 15 is 0 Å². The van der Waals surface area contributed by atoms with E-state index in [1.807, 2.05) is 18.2 Å². The lowest BCUT2D eigenvalue weighted by molar-refractivity contribution is 0.174. The fourth-order valence-electron chi connectivity index (χ4n) is 2.37. The van der Waals surface area contributed by atoms with Gasteiger partial charge in [0.25, 0.3) is 0 Å². The number of rotatable bonds is 4. The molecule has 1 aliphatic heterocycles. The Kier molecular flexibility index (Phi) is 4.21. The fraction of sp³-hybridized carbons (Fsp3) is 0.0588. The van der Waals surface area contributed by atoms with E-state index in [4.69, 9.17) is 32.7 Å². The SMILES string of the molecule is Clc1cc(Cl)cc(Nc2ccnc(Nc3ccc4c(c3)OCO4)n2)c1. The molecule has 25 heavy (non-hydrogen) atoms. The molecule has 0 saturated heterocycles. The second kappa shape index (κ2) is 6.66. The van der Waals surface area contributed by atoms with Crippen LogP contribution in [0, 0.1) is 0 Å². The van der Waals surface area contributed by atoms with Crippen LogP contribution in [-0.2, 0) is 0 Å². The highest BCUT2D eigenvalue weighted by Gasteiger charge is 2.13. The van der Waals surface area contributed by atoms with Crippen molar-refractivity contribution in [3.05, 3.63) is 58.7 Å². The third-order valence-electron chi connectivity index (χ3n) is 3.42. The predicted octanol–water partition coefficient (Wildman–Crippen LogP) is 5.00. The highest BCUT2D eigenvalue weighted by Crippen LogP contribution is 2.34. The molecule has 2 aromatic carbocycles. The predicted molar refractivity (Wildman–Crippen MR) is 97.6 cm³/mol. The Morgan fingerprint density at radius 1 is 0.840 bits per heavy atom. The first kappa shape index (κ1) is 15.8. The first-order valence-corrected chi connectivity index (χ1v) is 8.14. The number of nitrogens with one attached hydrogen (secondary N) is 2. The fourth-order valence-corrected chi connectivity index (χ4v) is 2.89. The number of halogens is 2. The highest BCUT2D eigenvalue weighted by molar-refractivity contribution is 6.35. The van der Waals surface area contributed by atoms with E-state index in [-0.39, 0.29) is 6.79 Å². The van der Waals surface area contributed by atoms with Crippen LogP contribution in [0.1, 0.15) is 0 Å². The minimum absolute atomic E-state index is 0.233. The lowest BCUT2D eigenvalue weighted by Crippen LogP contribution is -2.00. The number of ether oxygens (including phenoxy) is 2. The average Bonchev–Trinajstić information content (AvgIpc) is 3.02. The first-order valence-electron chi connectivity index (χ1n) is 7.38. The highest BCUT2D eigenvalue weighted by atomic mass is 35.5. The normalized spacial score (nSPS) is 12.1. The van der Waals surface area contributed by atoms with Gasteiger partial charge in [-0.3, -0.25) is 0 Å². The summed E-state index contributed by atoms with van der Waals surface area (Å²) in [5, 5.41) is 7.37. The van der Waals surface area contributed by atoms with E-state index in [9.17, 15) is 0 Å². The molecule has 6 nitrogen and oxygen atoms in total. The van der Waals surface area contributed by atoms with Gasteiger partial charge in [-0.25, -0.2) is 4.98 Å². The summed E-state index contributed by atoms with van der Waals surface area (Å²) in [5.41, 5.74) is 1.54. The monoisotopic (exact) mass is 374 g/mol. The van der Waals surface area contributed by atoms with E-state index in [1.54, 1.807) is 30.5 Å². The summed E-state index contributed by atoms with van der Waals surface area (Å²) in [5.74, 6) is 2.46. The van der Waals surface area contributed by atoms with Crippen molar-refractivity contribution >= 4 is 46.3 Å². The van der Waals surface area contributed by atoms with Gasteiger partial charge < -0.3 is 20.1 Å². The van der Waals surface area contributed by atoms with Crippen LogP contribution in [-0.4, -0.2) is 16.8 Å². The molecule has 2 N–H and O–H groups in total. The molecule has 0 atom stereocenters. The Balaban J connectivity index is 1.53. The number of fused-ring (bicyclic) bond motifs is 1. The summed E-state index contributed by atoms with van der Waals surface area (Å²) in [4.78, 5) is 8.64. The minimum Gasteiger partial charge on any atom is -0.454 e. The molecule has 8 heteroatoms. The van der Waals surface area contributed by atoms with Crippen molar-refractivity contribution in [3.63, 3.8) is 0 Å². The number of hydrogen-bond donors (Lipinski definition) is 2. The second-order valence-corrected chi connectivity index (χ2v) is 6.11. The van der Waals surface area contributed by atoms with Gasteiger partial charge in [-0.15, -0.1) is 0 Å². The summed E-state index contributed by atoms with van der Waals surface area (Å²) in [6, 6.07) is 12.5. The molecule has 0 fully saturated rings. The first-order chi connectivity index (χ1) is 12.2. The molecule has 4 rings (SSSR count). The van der Waals surface area contributed by atoms with Gasteiger partial charge in [0.05, 0.1) is 0 Å². The third kappa shape index (κ3) is 3.70. The quantitative estimate of drug-likeness (QED) is 0.669. The maximum Gasteiger partial charge on any atom is 0.231 e. The molecule has 0 amide bonds. The van der Waals surface area contributed by atoms with E-state index in [0.29, 0.717) is 27.6 Å². The number of aromatic nitrogens is 2. The Bertz CT molecular complexity index is 916. The van der Waals surface area contributed by atoms with Crippen molar-refractivity contribution in [1.29, 1.82) is 0 Å². The molecule has 0 aliphatic carbocycles. The van der Waals surface area contributed by atoms with Gasteiger partial charge in [-0.1, -0.05) is 23.2 Å². The molecular weight excluding hydrogens is 363 g/mol. The van der Waals surface area contributed by atoms with Crippen molar-refractivity contribution in [1.82, 2.24) is 9.97 Å². The van der Waals surface area contributed by atoms with Crippen LogP contribution in [0.15, 0.2) is 48.7 Å². The van der Waals surface area contributed by atoms with Gasteiger partial charge in [0.1, 0.15) is 5.82 Å². The zero-order valence-corrected chi connectivity index (χ0v) is 14.3. The van der Waals surface area contributed by atoms with Gasteiger partial charge in [-0.05, 0) is 36.4 Å². The average molecular weight is 375 g/mol. The van der Waals surface area contributed by atoms with Crippen molar-refractivity contribution < 1.29 is 9.47 Å². The van der Waals surface area contributed by atoms with Crippen LogP contribution in [0.5, 0.6) is 11.5 Å². The summed E-state index contributed by atoms with van der Waals surface area (Å²) >= 11 is 12.0.